The summed E-state index contributed by atoms with van der Waals surface area (Å²) in [6.07, 6.45) is 5.73. The standard InChI is InChI=1S/C31H25F2N11O3/c1-34-30(47)27-19-10-16(17-4-9-38-39-12-17)2-3-23(19)44(42-27)15-25(45)43-14-18(32)11-24(43)29(46)41-31-36-8-6-22(40-31)20-13-37-28-26(20)21(33)5-7-35-28/h2-10,12-13,18,24H,11,14-15H2,1H3,(H,34,47)(H,35,37)(H,36,40,41,46). The lowest BCUT2D eigenvalue weighted by molar-refractivity contribution is -0.137. The molecule has 6 heterocycles. The number of pyridine rings is 1. The molecule has 47 heavy (non-hydrogen) atoms. The Kier molecular flexibility index (Phi) is 7.51. The third-order valence-corrected chi connectivity index (χ3v) is 7.96. The van der Waals surface area contributed by atoms with E-state index in [1.807, 2.05) is 0 Å². The molecule has 236 valence electrons. The van der Waals surface area contributed by atoms with Crippen LogP contribution in [0, 0.1) is 5.82 Å². The molecule has 7 rings (SSSR count). The van der Waals surface area contributed by atoms with E-state index >= 15 is 0 Å². The third kappa shape index (κ3) is 5.49. The molecule has 0 saturated carbocycles. The summed E-state index contributed by atoms with van der Waals surface area (Å²) in [5, 5.41) is 17.9. The average molecular weight is 638 g/mol. The number of hydrogen-bond acceptors (Lipinski definition) is 9. The predicted molar refractivity (Wildman–Crippen MR) is 165 cm³/mol. The zero-order chi connectivity index (χ0) is 32.7. The second kappa shape index (κ2) is 12.0. The Balaban J connectivity index is 1.13. The van der Waals surface area contributed by atoms with Crippen LogP contribution in [0.3, 0.4) is 0 Å². The topological polar surface area (TPSA) is 177 Å². The fourth-order valence-corrected chi connectivity index (χ4v) is 5.74. The molecule has 1 aliphatic rings. The first-order valence-corrected chi connectivity index (χ1v) is 14.5. The second-order valence-electron chi connectivity index (χ2n) is 10.8. The number of carbonyl (C=O) groups is 3. The lowest BCUT2D eigenvalue weighted by Gasteiger charge is -2.23. The third-order valence-electron chi connectivity index (χ3n) is 7.96. The highest BCUT2D eigenvalue weighted by atomic mass is 19.1. The molecule has 1 fully saturated rings. The van der Waals surface area contributed by atoms with E-state index in [1.54, 1.807) is 48.9 Å². The number of aromatic nitrogens is 8. The van der Waals surface area contributed by atoms with Crippen LogP contribution in [0.2, 0.25) is 0 Å². The summed E-state index contributed by atoms with van der Waals surface area (Å²) in [6.45, 7) is -0.660. The van der Waals surface area contributed by atoms with Crippen molar-refractivity contribution >= 4 is 45.6 Å². The molecule has 0 spiro atoms. The van der Waals surface area contributed by atoms with Crippen molar-refractivity contribution in [3.63, 3.8) is 0 Å². The molecule has 5 aromatic heterocycles. The Morgan fingerprint density at radius 1 is 1.04 bits per heavy atom. The van der Waals surface area contributed by atoms with E-state index < -0.39 is 35.8 Å². The summed E-state index contributed by atoms with van der Waals surface area (Å²) in [5.74, 6) is -2.31. The first-order chi connectivity index (χ1) is 22.8. The fourth-order valence-electron chi connectivity index (χ4n) is 5.74. The molecule has 0 radical (unpaired) electrons. The Bertz CT molecular complexity index is 2170. The number of alkyl halides is 1. The molecule has 3 N–H and O–H groups in total. The van der Waals surface area contributed by atoms with Crippen molar-refractivity contribution in [3.8, 4) is 22.4 Å². The van der Waals surface area contributed by atoms with Crippen molar-refractivity contribution in [2.24, 2.45) is 0 Å². The Labute approximate surface area is 264 Å². The van der Waals surface area contributed by atoms with Crippen LogP contribution in [0.4, 0.5) is 14.7 Å². The number of anilines is 1. The minimum atomic E-state index is -1.45. The molecule has 6 aromatic rings. The van der Waals surface area contributed by atoms with E-state index in [4.69, 9.17) is 0 Å². The molecule has 3 amide bonds. The molecule has 2 unspecified atom stereocenters. The van der Waals surface area contributed by atoms with Crippen molar-refractivity contribution < 1.29 is 23.2 Å². The highest BCUT2D eigenvalue weighted by Crippen LogP contribution is 2.30. The molecule has 0 aliphatic carbocycles. The number of hydrogen-bond donors (Lipinski definition) is 3. The molecule has 1 aliphatic heterocycles. The number of fused-ring (bicyclic) bond motifs is 2. The van der Waals surface area contributed by atoms with Gasteiger partial charge in [0.1, 0.15) is 30.2 Å². The van der Waals surface area contributed by atoms with Gasteiger partial charge < -0.3 is 15.2 Å². The maximum Gasteiger partial charge on any atom is 0.272 e. The highest BCUT2D eigenvalue weighted by Gasteiger charge is 2.40. The Hall–Kier alpha value is -6.19. The number of aromatic amines is 1. The molecule has 2 atom stereocenters. The molecule has 16 heteroatoms. The zero-order valence-corrected chi connectivity index (χ0v) is 24.7. The number of amides is 3. The summed E-state index contributed by atoms with van der Waals surface area (Å²) < 4.78 is 30.6. The molecule has 0 bridgehead atoms. The number of nitrogens with zero attached hydrogens (tertiary/aromatic N) is 8. The van der Waals surface area contributed by atoms with Gasteiger partial charge in [0, 0.05) is 48.6 Å². The Morgan fingerprint density at radius 3 is 2.70 bits per heavy atom. The van der Waals surface area contributed by atoms with Crippen molar-refractivity contribution in [1.82, 2.24) is 50.1 Å². The van der Waals surface area contributed by atoms with Gasteiger partial charge in [-0.2, -0.15) is 15.3 Å². The van der Waals surface area contributed by atoms with Crippen LogP contribution < -0.4 is 10.6 Å². The van der Waals surface area contributed by atoms with E-state index in [2.05, 4.69) is 45.9 Å². The summed E-state index contributed by atoms with van der Waals surface area (Å²) in [5.41, 5.74) is 3.19. The smallest absolute Gasteiger partial charge is 0.272 e. The van der Waals surface area contributed by atoms with Gasteiger partial charge in [-0.3, -0.25) is 24.4 Å². The van der Waals surface area contributed by atoms with E-state index in [9.17, 15) is 23.2 Å². The first kappa shape index (κ1) is 29.5. The van der Waals surface area contributed by atoms with E-state index in [1.165, 1.54) is 30.2 Å². The summed E-state index contributed by atoms with van der Waals surface area (Å²) in [7, 11) is 1.47. The first-order valence-electron chi connectivity index (χ1n) is 14.5. The van der Waals surface area contributed by atoms with E-state index in [0.29, 0.717) is 27.8 Å². The van der Waals surface area contributed by atoms with Gasteiger partial charge in [-0.1, -0.05) is 6.07 Å². The quantitative estimate of drug-likeness (QED) is 0.238. The lowest BCUT2D eigenvalue weighted by atomic mass is 10.0. The van der Waals surface area contributed by atoms with Gasteiger partial charge in [0.25, 0.3) is 5.91 Å². The van der Waals surface area contributed by atoms with Crippen LogP contribution in [0.5, 0.6) is 0 Å². The summed E-state index contributed by atoms with van der Waals surface area (Å²) >= 11 is 0. The van der Waals surface area contributed by atoms with Gasteiger partial charge in [-0.05, 0) is 35.9 Å². The van der Waals surface area contributed by atoms with Crippen molar-refractivity contribution in [3.05, 3.63) is 78.9 Å². The molecular weight excluding hydrogens is 612 g/mol. The number of halogens is 2. The Morgan fingerprint density at radius 2 is 1.89 bits per heavy atom. The number of likely N-dealkylation sites (tertiary alicyclic amines) is 1. The van der Waals surface area contributed by atoms with Crippen LogP contribution >= 0.6 is 0 Å². The number of H-pyrrole nitrogens is 1. The summed E-state index contributed by atoms with van der Waals surface area (Å²) in [4.78, 5) is 56.3. The fraction of sp³-hybridized carbons (Fsp3) is 0.194. The minimum absolute atomic E-state index is 0.0983. The van der Waals surface area contributed by atoms with Gasteiger partial charge >= 0.3 is 0 Å². The van der Waals surface area contributed by atoms with Gasteiger partial charge in [0.2, 0.25) is 17.8 Å². The minimum Gasteiger partial charge on any atom is -0.354 e. The monoisotopic (exact) mass is 637 g/mol. The lowest BCUT2D eigenvalue weighted by Crippen LogP contribution is -2.44. The maximum absolute atomic E-state index is 14.7. The van der Waals surface area contributed by atoms with Crippen LogP contribution in [0.1, 0.15) is 16.9 Å². The number of carbonyl (C=O) groups excluding carboxylic acids is 3. The molecule has 14 nitrogen and oxygen atoms in total. The zero-order valence-electron chi connectivity index (χ0n) is 24.7. The molecule has 1 saturated heterocycles. The van der Waals surface area contributed by atoms with Crippen molar-refractivity contribution in [1.29, 1.82) is 0 Å². The average Bonchev–Trinajstić information content (AvgIpc) is 3.80. The molecule has 1 aromatic carbocycles. The predicted octanol–water partition coefficient (Wildman–Crippen LogP) is 2.90. The highest BCUT2D eigenvalue weighted by molar-refractivity contribution is 6.06. The normalized spacial score (nSPS) is 16.1. The second-order valence-corrected chi connectivity index (χ2v) is 10.8. The largest absolute Gasteiger partial charge is 0.354 e. The van der Waals surface area contributed by atoms with Crippen molar-refractivity contribution in [2.45, 2.75) is 25.2 Å². The maximum atomic E-state index is 14.7. The summed E-state index contributed by atoms with van der Waals surface area (Å²) in [6, 6.07) is 8.68. The van der Waals surface area contributed by atoms with Gasteiger partial charge in [0.05, 0.1) is 35.5 Å². The van der Waals surface area contributed by atoms with E-state index in [0.717, 1.165) is 16.0 Å². The number of nitrogens with one attached hydrogen (secondary N) is 3. The molecular formula is C31H25F2N11O3. The van der Waals surface area contributed by atoms with Crippen LogP contribution in [0.25, 0.3) is 44.3 Å². The van der Waals surface area contributed by atoms with E-state index in [-0.39, 0.29) is 36.5 Å². The van der Waals surface area contributed by atoms with Crippen LogP contribution in [0.15, 0.2) is 67.4 Å². The van der Waals surface area contributed by atoms with Gasteiger partial charge in [0.15, 0.2) is 5.69 Å². The van der Waals surface area contributed by atoms with Gasteiger partial charge in [-0.15, -0.1) is 0 Å². The number of benzene rings is 1. The van der Waals surface area contributed by atoms with Gasteiger partial charge in [-0.25, -0.2) is 23.7 Å². The van der Waals surface area contributed by atoms with Crippen molar-refractivity contribution in [2.75, 3.05) is 18.9 Å². The SMILES string of the molecule is CNC(=O)c1nn(CC(=O)N2CC(F)CC2C(=O)Nc2nccc(-c3c[nH]c4nccc(F)c34)n2)c2ccc(-c3ccnnc3)cc12. The van der Waals surface area contributed by atoms with Crippen LogP contribution in [-0.2, 0) is 16.1 Å². The van der Waals surface area contributed by atoms with Crippen LogP contribution in [-0.4, -0.2) is 88.3 Å². The number of rotatable bonds is 7.